The SMILES string of the molecule is CC(NCC(C(=O)O)C(F)(F)F)C1CCCO1. The van der Waals surface area contributed by atoms with Gasteiger partial charge in [0.1, 0.15) is 0 Å². The number of halogens is 3. The van der Waals surface area contributed by atoms with Gasteiger partial charge in [0.2, 0.25) is 0 Å². The topological polar surface area (TPSA) is 58.6 Å². The number of carboxylic acid groups (broad SMARTS) is 1. The van der Waals surface area contributed by atoms with Crippen LogP contribution in [0.25, 0.3) is 0 Å². The second kappa shape index (κ2) is 5.68. The van der Waals surface area contributed by atoms with Crippen LogP contribution in [-0.2, 0) is 9.53 Å². The van der Waals surface area contributed by atoms with Crippen molar-refractivity contribution in [2.75, 3.05) is 13.2 Å². The van der Waals surface area contributed by atoms with E-state index in [9.17, 15) is 18.0 Å². The molecule has 2 N–H and O–H groups in total. The van der Waals surface area contributed by atoms with Crippen LogP contribution in [0.1, 0.15) is 19.8 Å². The minimum absolute atomic E-state index is 0.127. The van der Waals surface area contributed by atoms with E-state index in [1.807, 2.05) is 0 Å². The quantitative estimate of drug-likeness (QED) is 0.779. The molecule has 3 unspecified atom stereocenters. The fourth-order valence-electron chi connectivity index (χ4n) is 1.78. The molecule has 0 bridgehead atoms. The molecule has 0 aromatic carbocycles. The minimum Gasteiger partial charge on any atom is -0.481 e. The summed E-state index contributed by atoms with van der Waals surface area (Å²) in [5.41, 5.74) is 0. The van der Waals surface area contributed by atoms with Crippen LogP contribution in [0.4, 0.5) is 13.2 Å². The molecule has 17 heavy (non-hydrogen) atoms. The Balaban J connectivity index is 2.43. The fourth-order valence-corrected chi connectivity index (χ4v) is 1.78. The zero-order chi connectivity index (χ0) is 13.1. The predicted molar refractivity (Wildman–Crippen MR) is 53.6 cm³/mol. The number of hydrogen-bond acceptors (Lipinski definition) is 3. The standard InChI is InChI=1S/C10H16F3NO3/c1-6(8-3-2-4-17-8)14-5-7(9(15)16)10(11,12)13/h6-8,14H,2-5H2,1H3,(H,15,16). The summed E-state index contributed by atoms with van der Waals surface area (Å²) in [5.74, 6) is -4.23. The van der Waals surface area contributed by atoms with Crippen molar-refractivity contribution in [2.45, 2.75) is 38.1 Å². The van der Waals surface area contributed by atoms with E-state index in [4.69, 9.17) is 9.84 Å². The molecule has 100 valence electrons. The Kier molecular flexibility index (Phi) is 4.76. The second-order valence-corrected chi connectivity index (χ2v) is 4.18. The molecule has 0 amide bonds. The van der Waals surface area contributed by atoms with E-state index >= 15 is 0 Å². The first-order valence-corrected chi connectivity index (χ1v) is 5.47. The molecular weight excluding hydrogens is 239 g/mol. The summed E-state index contributed by atoms with van der Waals surface area (Å²) in [6.45, 7) is 1.68. The molecule has 0 saturated carbocycles. The van der Waals surface area contributed by atoms with E-state index in [1.165, 1.54) is 0 Å². The summed E-state index contributed by atoms with van der Waals surface area (Å²) >= 11 is 0. The Hall–Kier alpha value is -0.820. The van der Waals surface area contributed by atoms with Crippen LogP contribution in [0, 0.1) is 5.92 Å². The highest BCUT2D eigenvalue weighted by Crippen LogP contribution is 2.26. The number of ether oxygens (including phenoxy) is 1. The van der Waals surface area contributed by atoms with Crippen LogP contribution in [-0.4, -0.2) is 42.5 Å². The highest BCUT2D eigenvalue weighted by atomic mass is 19.4. The maximum atomic E-state index is 12.3. The molecule has 1 rings (SSSR count). The molecule has 0 aromatic rings. The second-order valence-electron chi connectivity index (χ2n) is 4.18. The van der Waals surface area contributed by atoms with Crippen molar-refractivity contribution in [1.82, 2.24) is 5.32 Å². The molecule has 0 aliphatic carbocycles. The van der Waals surface area contributed by atoms with Gasteiger partial charge in [0.15, 0.2) is 5.92 Å². The highest BCUT2D eigenvalue weighted by Gasteiger charge is 2.45. The van der Waals surface area contributed by atoms with Gasteiger partial charge in [0.05, 0.1) is 6.10 Å². The van der Waals surface area contributed by atoms with Gasteiger partial charge in [0.25, 0.3) is 0 Å². The Morgan fingerprint density at radius 1 is 1.59 bits per heavy atom. The van der Waals surface area contributed by atoms with E-state index in [0.717, 1.165) is 12.8 Å². The van der Waals surface area contributed by atoms with Crippen LogP contribution >= 0.6 is 0 Å². The lowest BCUT2D eigenvalue weighted by Crippen LogP contribution is -2.45. The zero-order valence-corrected chi connectivity index (χ0v) is 9.46. The van der Waals surface area contributed by atoms with Crippen molar-refractivity contribution in [2.24, 2.45) is 5.92 Å². The Bertz CT molecular complexity index is 264. The Labute approximate surface area is 97.1 Å². The van der Waals surface area contributed by atoms with E-state index in [2.05, 4.69) is 5.32 Å². The number of aliphatic carboxylic acids is 1. The van der Waals surface area contributed by atoms with Crippen molar-refractivity contribution < 1.29 is 27.8 Å². The van der Waals surface area contributed by atoms with Crippen molar-refractivity contribution >= 4 is 5.97 Å². The molecule has 1 saturated heterocycles. The molecule has 0 aromatic heterocycles. The summed E-state index contributed by atoms with van der Waals surface area (Å²) in [4.78, 5) is 10.5. The summed E-state index contributed by atoms with van der Waals surface area (Å²) in [5, 5.41) is 11.1. The van der Waals surface area contributed by atoms with E-state index in [1.54, 1.807) is 6.92 Å². The molecule has 4 nitrogen and oxygen atoms in total. The molecule has 7 heteroatoms. The van der Waals surface area contributed by atoms with Crippen LogP contribution in [0.15, 0.2) is 0 Å². The smallest absolute Gasteiger partial charge is 0.403 e. The largest absolute Gasteiger partial charge is 0.481 e. The first-order chi connectivity index (χ1) is 7.82. The number of nitrogens with one attached hydrogen (secondary N) is 1. The molecule has 0 spiro atoms. The lowest BCUT2D eigenvalue weighted by molar-refractivity contribution is -0.192. The van der Waals surface area contributed by atoms with E-state index < -0.39 is 24.6 Å². The van der Waals surface area contributed by atoms with Gasteiger partial charge in [-0.15, -0.1) is 0 Å². The van der Waals surface area contributed by atoms with Gasteiger partial charge in [-0.05, 0) is 19.8 Å². The van der Waals surface area contributed by atoms with Crippen LogP contribution in [0.5, 0.6) is 0 Å². The lowest BCUT2D eigenvalue weighted by atomic mass is 10.1. The normalized spacial score (nSPS) is 24.6. The maximum absolute atomic E-state index is 12.3. The Morgan fingerprint density at radius 3 is 2.65 bits per heavy atom. The van der Waals surface area contributed by atoms with Gasteiger partial charge in [0, 0.05) is 19.2 Å². The van der Waals surface area contributed by atoms with E-state index in [-0.39, 0.29) is 12.1 Å². The molecule has 0 radical (unpaired) electrons. The zero-order valence-electron chi connectivity index (χ0n) is 9.46. The molecular formula is C10H16F3NO3. The maximum Gasteiger partial charge on any atom is 0.403 e. The predicted octanol–water partition coefficient (Wildman–Crippen LogP) is 1.41. The first kappa shape index (κ1) is 14.2. The van der Waals surface area contributed by atoms with Gasteiger partial charge in [-0.25, -0.2) is 0 Å². The third-order valence-electron chi connectivity index (χ3n) is 2.86. The van der Waals surface area contributed by atoms with Crippen molar-refractivity contribution in [3.8, 4) is 0 Å². The van der Waals surface area contributed by atoms with Gasteiger partial charge in [-0.3, -0.25) is 4.79 Å². The fraction of sp³-hybridized carbons (Fsp3) is 0.900. The lowest BCUT2D eigenvalue weighted by Gasteiger charge is -2.23. The summed E-state index contributed by atoms with van der Waals surface area (Å²) in [6.07, 6.45) is -3.18. The number of carbonyl (C=O) groups is 1. The molecule has 1 fully saturated rings. The first-order valence-electron chi connectivity index (χ1n) is 5.47. The number of carboxylic acids is 1. The van der Waals surface area contributed by atoms with Gasteiger partial charge < -0.3 is 15.2 Å². The van der Waals surface area contributed by atoms with Gasteiger partial charge in [-0.2, -0.15) is 13.2 Å². The number of alkyl halides is 3. The number of hydrogen-bond donors (Lipinski definition) is 2. The summed E-state index contributed by atoms with van der Waals surface area (Å²) in [6, 6.07) is -0.276. The van der Waals surface area contributed by atoms with Crippen molar-refractivity contribution in [3.05, 3.63) is 0 Å². The van der Waals surface area contributed by atoms with Crippen LogP contribution < -0.4 is 5.32 Å². The van der Waals surface area contributed by atoms with Gasteiger partial charge >= 0.3 is 12.1 Å². The Morgan fingerprint density at radius 2 is 2.24 bits per heavy atom. The minimum atomic E-state index is -4.73. The third kappa shape index (κ3) is 4.16. The molecule has 1 heterocycles. The van der Waals surface area contributed by atoms with Crippen LogP contribution in [0.3, 0.4) is 0 Å². The molecule has 3 atom stereocenters. The van der Waals surface area contributed by atoms with E-state index in [0.29, 0.717) is 6.61 Å². The summed E-state index contributed by atoms with van der Waals surface area (Å²) in [7, 11) is 0. The van der Waals surface area contributed by atoms with Crippen molar-refractivity contribution in [1.29, 1.82) is 0 Å². The van der Waals surface area contributed by atoms with Gasteiger partial charge in [-0.1, -0.05) is 0 Å². The third-order valence-corrected chi connectivity index (χ3v) is 2.86. The highest BCUT2D eigenvalue weighted by molar-refractivity contribution is 5.71. The monoisotopic (exact) mass is 255 g/mol. The summed E-state index contributed by atoms with van der Waals surface area (Å²) < 4.78 is 42.3. The average Bonchev–Trinajstić information content (AvgIpc) is 2.67. The molecule has 1 aliphatic heterocycles. The average molecular weight is 255 g/mol. The van der Waals surface area contributed by atoms with Crippen molar-refractivity contribution in [3.63, 3.8) is 0 Å². The number of rotatable bonds is 5. The van der Waals surface area contributed by atoms with Crippen LogP contribution in [0.2, 0.25) is 0 Å². The molecule has 1 aliphatic rings.